The van der Waals surface area contributed by atoms with Gasteiger partial charge in [-0.05, 0) is 24.1 Å². The molecule has 20 heavy (non-hydrogen) atoms. The molecule has 0 fully saturated rings. The minimum absolute atomic E-state index is 0.0513. The van der Waals surface area contributed by atoms with Crippen LogP contribution in [0, 0.1) is 6.92 Å². The molecule has 2 heterocycles. The molecule has 0 aliphatic rings. The number of rotatable bonds is 2. The number of hydrogen-bond acceptors (Lipinski definition) is 3. The van der Waals surface area contributed by atoms with E-state index in [1.165, 1.54) is 0 Å². The van der Waals surface area contributed by atoms with Crippen molar-refractivity contribution in [2.75, 3.05) is 5.73 Å². The van der Waals surface area contributed by atoms with Gasteiger partial charge in [0.05, 0.1) is 17.7 Å². The third-order valence-corrected chi connectivity index (χ3v) is 3.43. The van der Waals surface area contributed by atoms with Crippen molar-refractivity contribution in [2.45, 2.75) is 13.5 Å². The molecule has 4 heteroatoms. The van der Waals surface area contributed by atoms with Gasteiger partial charge in [-0.2, -0.15) is 0 Å². The zero-order valence-electron chi connectivity index (χ0n) is 11.2. The van der Waals surface area contributed by atoms with Crippen LogP contribution in [-0.2, 0) is 6.54 Å². The zero-order valence-corrected chi connectivity index (χ0v) is 11.2. The molecule has 3 rings (SSSR count). The van der Waals surface area contributed by atoms with Gasteiger partial charge in [-0.3, -0.25) is 9.78 Å². The quantitative estimate of drug-likeness (QED) is 0.773. The molecule has 4 nitrogen and oxygen atoms in total. The smallest absolute Gasteiger partial charge is 0.251 e. The summed E-state index contributed by atoms with van der Waals surface area (Å²) < 4.78 is 1.62. The summed E-state index contributed by atoms with van der Waals surface area (Å²) in [6.45, 7) is 2.30. The van der Waals surface area contributed by atoms with E-state index in [2.05, 4.69) is 4.98 Å². The third-order valence-electron chi connectivity index (χ3n) is 3.43. The number of fused-ring (bicyclic) bond motifs is 1. The second-order valence-electron chi connectivity index (χ2n) is 4.87. The van der Waals surface area contributed by atoms with Crippen molar-refractivity contribution in [1.29, 1.82) is 0 Å². The molecule has 0 saturated heterocycles. The molecule has 0 saturated carbocycles. The van der Waals surface area contributed by atoms with Crippen LogP contribution in [0.3, 0.4) is 0 Å². The maximum absolute atomic E-state index is 12.0. The van der Waals surface area contributed by atoms with E-state index in [9.17, 15) is 4.79 Å². The van der Waals surface area contributed by atoms with E-state index >= 15 is 0 Å². The second kappa shape index (κ2) is 4.81. The molecule has 3 aromatic rings. The molecule has 0 spiro atoms. The summed E-state index contributed by atoms with van der Waals surface area (Å²) >= 11 is 0. The largest absolute Gasteiger partial charge is 0.397 e. The number of nitrogens with two attached hydrogens (primary N) is 1. The first-order valence-electron chi connectivity index (χ1n) is 6.44. The number of benzene rings is 1. The van der Waals surface area contributed by atoms with Gasteiger partial charge in [-0.25, -0.2) is 0 Å². The maximum Gasteiger partial charge on any atom is 0.251 e. The van der Waals surface area contributed by atoms with Crippen LogP contribution in [-0.4, -0.2) is 9.55 Å². The van der Waals surface area contributed by atoms with E-state index in [1.807, 2.05) is 37.3 Å². The Hall–Kier alpha value is -2.62. The van der Waals surface area contributed by atoms with Crippen molar-refractivity contribution in [3.63, 3.8) is 0 Å². The molecule has 0 aliphatic heterocycles. The van der Waals surface area contributed by atoms with Gasteiger partial charge in [0.2, 0.25) is 0 Å². The number of nitrogens with zero attached hydrogens (tertiary/aromatic N) is 2. The highest BCUT2D eigenvalue weighted by Crippen LogP contribution is 2.17. The Balaban J connectivity index is 2.10. The van der Waals surface area contributed by atoms with E-state index in [1.54, 1.807) is 23.0 Å². The SMILES string of the molecule is Cc1cc(=O)n(Cc2cccc3cccnc23)cc1N. The molecule has 100 valence electrons. The van der Waals surface area contributed by atoms with Gasteiger partial charge in [-0.1, -0.05) is 24.3 Å². The van der Waals surface area contributed by atoms with Crippen LogP contribution < -0.4 is 11.3 Å². The van der Waals surface area contributed by atoms with Crippen LogP contribution in [0.4, 0.5) is 5.69 Å². The fourth-order valence-corrected chi connectivity index (χ4v) is 2.29. The van der Waals surface area contributed by atoms with Crippen molar-refractivity contribution in [1.82, 2.24) is 9.55 Å². The lowest BCUT2D eigenvalue weighted by Crippen LogP contribution is -2.20. The Labute approximate surface area is 116 Å². The van der Waals surface area contributed by atoms with E-state index in [4.69, 9.17) is 5.73 Å². The third kappa shape index (κ3) is 2.16. The van der Waals surface area contributed by atoms with Crippen molar-refractivity contribution in [2.24, 2.45) is 0 Å². The monoisotopic (exact) mass is 265 g/mol. The standard InChI is InChI=1S/C16H15N3O/c1-11-8-15(20)19(10-14(11)17)9-13-5-2-4-12-6-3-7-18-16(12)13/h2-8,10H,9,17H2,1H3. The summed E-state index contributed by atoms with van der Waals surface area (Å²) in [5, 5.41) is 1.07. The molecule has 2 aromatic heterocycles. The van der Waals surface area contributed by atoms with Crippen LogP contribution in [0.2, 0.25) is 0 Å². The van der Waals surface area contributed by atoms with Gasteiger partial charge in [0.1, 0.15) is 0 Å². The number of hydrogen-bond donors (Lipinski definition) is 1. The topological polar surface area (TPSA) is 60.9 Å². The minimum atomic E-state index is -0.0513. The van der Waals surface area contributed by atoms with Gasteiger partial charge >= 0.3 is 0 Å². The minimum Gasteiger partial charge on any atom is -0.397 e. The Morgan fingerprint density at radius 2 is 2.05 bits per heavy atom. The van der Waals surface area contributed by atoms with E-state index in [0.717, 1.165) is 22.0 Å². The Morgan fingerprint density at radius 3 is 2.90 bits per heavy atom. The fraction of sp³-hybridized carbons (Fsp3) is 0.125. The van der Waals surface area contributed by atoms with Crippen molar-refractivity contribution >= 4 is 16.6 Å². The van der Waals surface area contributed by atoms with Gasteiger partial charge < -0.3 is 10.3 Å². The van der Waals surface area contributed by atoms with Gasteiger partial charge in [-0.15, -0.1) is 0 Å². The summed E-state index contributed by atoms with van der Waals surface area (Å²) in [5.41, 5.74) is 9.19. The molecule has 0 unspecified atom stereocenters. The molecule has 0 bridgehead atoms. The molecular weight excluding hydrogens is 250 g/mol. The van der Waals surface area contributed by atoms with Crippen molar-refractivity contribution in [3.8, 4) is 0 Å². The first-order valence-corrected chi connectivity index (χ1v) is 6.44. The normalized spacial score (nSPS) is 10.8. The predicted octanol–water partition coefficient (Wildman–Crippen LogP) is 2.34. The maximum atomic E-state index is 12.0. The lowest BCUT2D eigenvalue weighted by atomic mass is 10.1. The average molecular weight is 265 g/mol. The Kier molecular flexibility index (Phi) is 2.99. The number of aryl methyl sites for hydroxylation is 1. The van der Waals surface area contributed by atoms with Crippen LogP contribution in [0.25, 0.3) is 10.9 Å². The lowest BCUT2D eigenvalue weighted by Gasteiger charge is -2.10. The highest BCUT2D eigenvalue weighted by molar-refractivity contribution is 5.81. The summed E-state index contributed by atoms with van der Waals surface area (Å²) in [7, 11) is 0. The van der Waals surface area contributed by atoms with Crippen LogP contribution >= 0.6 is 0 Å². The lowest BCUT2D eigenvalue weighted by molar-refractivity contribution is 0.762. The number of anilines is 1. The van der Waals surface area contributed by atoms with Crippen molar-refractivity contribution in [3.05, 3.63) is 70.3 Å². The Morgan fingerprint density at radius 1 is 1.25 bits per heavy atom. The molecule has 0 atom stereocenters. The van der Waals surface area contributed by atoms with Crippen LogP contribution in [0.1, 0.15) is 11.1 Å². The molecule has 0 aliphatic carbocycles. The molecule has 2 N–H and O–H groups in total. The predicted molar refractivity (Wildman–Crippen MR) is 80.7 cm³/mol. The van der Waals surface area contributed by atoms with Gasteiger partial charge in [0.15, 0.2) is 0 Å². The molecule has 0 radical (unpaired) electrons. The van der Waals surface area contributed by atoms with Gasteiger partial charge in [0.25, 0.3) is 5.56 Å². The molecular formula is C16H15N3O. The molecule has 0 amide bonds. The van der Waals surface area contributed by atoms with Gasteiger partial charge in [0, 0.05) is 23.8 Å². The highest BCUT2D eigenvalue weighted by atomic mass is 16.1. The molecule has 1 aromatic carbocycles. The van der Waals surface area contributed by atoms with Crippen LogP contribution in [0.5, 0.6) is 0 Å². The van der Waals surface area contributed by atoms with E-state index in [-0.39, 0.29) is 5.56 Å². The summed E-state index contributed by atoms with van der Waals surface area (Å²) in [6, 6.07) is 11.5. The fourth-order valence-electron chi connectivity index (χ4n) is 2.29. The van der Waals surface area contributed by atoms with E-state index in [0.29, 0.717) is 12.2 Å². The Bertz CT molecular complexity index is 831. The van der Waals surface area contributed by atoms with Crippen molar-refractivity contribution < 1.29 is 0 Å². The number of pyridine rings is 2. The summed E-state index contributed by atoms with van der Waals surface area (Å²) in [5.74, 6) is 0. The first-order chi connectivity index (χ1) is 9.65. The number of aromatic nitrogens is 2. The zero-order chi connectivity index (χ0) is 14.1. The summed E-state index contributed by atoms with van der Waals surface area (Å²) in [4.78, 5) is 16.4. The first kappa shape index (κ1) is 12.4. The second-order valence-corrected chi connectivity index (χ2v) is 4.87. The van der Waals surface area contributed by atoms with E-state index < -0.39 is 0 Å². The number of para-hydroxylation sites is 1. The number of nitrogen functional groups attached to an aromatic ring is 1. The highest BCUT2D eigenvalue weighted by Gasteiger charge is 2.05. The summed E-state index contributed by atoms with van der Waals surface area (Å²) in [6.07, 6.45) is 3.46. The van der Waals surface area contributed by atoms with Crippen LogP contribution in [0.15, 0.2) is 53.6 Å². The average Bonchev–Trinajstić information content (AvgIpc) is 2.45.